The van der Waals surface area contributed by atoms with Gasteiger partial charge >= 0.3 is 0 Å². The van der Waals surface area contributed by atoms with Gasteiger partial charge in [0.15, 0.2) is 0 Å². The number of benzene rings is 6. The summed E-state index contributed by atoms with van der Waals surface area (Å²) in [6.45, 7) is 13.0. The standard InChI is InChI=1S/C41H36/c1-6-28(7-2)30-17-13-19-32(25-30)39-35-21-11-12-22-36(35)40(38-27-34(41(3,4)5)23-24-37(38)39)33-20-14-18-31(26-33)29-15-9-8-10-16-29/h6-27H,1H2,2-5H3/b28-7+. The van der Waals surface area contributed by atoms with Crippen LogP contribution in [0.5, 0.6) is 0 Å². The number of hydrogen-bond donors (Lipinski definition) is 0. The Kier molecular flexibility index (Phi) is 6.93. The average molecular weight is 529 g/mol. The Labute approximate surface area is 244 Å². The first-order valence-corrected chi connectivity index (χ1v) is 14.4. The van der Waals surface area contributed by atoms with E-state index in [1.807, 2.05) is 6.08 Å². The van der Waals surface area contributed by atoms with Crippen LogP contribution in [0.15, 0.2) is 140 Å². The van der Waals surface area contributed by atoms with E-state index >= 15 is 0 Å². The van der Waals surface area contributed by atoms with Crippen LogP contribution in [0.25, 0.3) is 60.5 Å². The minimum Gasteiger partial charge on any atom is -0.0985 e. The highest BCUT2D eigenvalue weighted by Crippen LogP contribution is 2.45. The van der Waals surface area contributed by atoms with Gasteiger partial charge in [0.2, 0.25) is 0 Å². The van der Waals surface area contributed by atoms with Gasteiger partial charge in [0.25, 0.3) is 0 Å². The molecule has 0 atom stereocenters. The smallest absolute Gasteiger partial charge is 0.00261 e. The SMILES string of the molecule is C=C/C(=C\C)c1cccc(-c2c3ccccc3c(-c3cccc(-c4ccccc4)c3)c3cc(C(C)(C)C)ccc23)c1. The molecule has 0 bridgehead atoms. The summed E-state index contributed by atoms with van der Waals surface area (Å²) in [4.78, 5) is 0. The Morgan fingerprint density at radius 2 is 1.10 bits per heavy atom. The van der Waals surface area contributed by atoms with Gasteiger partial charge in [-0.1, -0.05) is 143 Å². The predicted molar refractivity (Wildman–Crippen MR) is 180 cm³/mol. The molecule has 0 aliphatic rings. The maximum absolute atomic E-state index is 4.05. The number of fused-ring (bicyclic) bond motifs is 2. The van der Waals surface area contributed by atoms with E-state index in [4.69, 9.17) is 0 Å². The summed E-state index contributed by atoms with van der Waals surface area (Å²) in [5.74, 6) is 0. The van der Waals surface area contributed by atoms with Crippen LogP contribution >= 0.6 is 0 Å². The largest absolute Gasteiger partial charge is 0.0985 e. The van der Waals surface area contributed by atoms with Gasteiger partial charge in [0, 0.05) is 0 Å². The van der Waals surface area contributed by atoms with Crippen molar-refractivity contribution in [1.82, 2.24) is 0 Å². The van der Waals surface area contributed by atoms with Crippen LogP contribution in [0, 0.1) is 0 Å². The molecule has 0 nitrogen and oxygen atoms in total. The van der Waals surface area contributed by atoms with Gasteiger partial charge in [0.05, 0.1) is 0 Å². The first-order valence-electron chi connectivity index (χ1n) is 14.4. The summed E-state index contributed by atoms with van der Waals surface area (Å²) in [5.41, 5.74) is 11.2. The molecule has 0 N–H and O–H groups in total. The lowest BCUT2D eigenvalue weighted by molar-refractivity contribution is 0.591. The molecule has 0 heteroatoms. The maximum atomic E-state index is 4.05. The molecule has 0 spiro atoms. The Morgan fingerprint density at radius 3 is 1.76 bits per heavy atom. The van der Waals surface area contributed by atoms with Gasteiger partial charge in [-0.05, 0) is 102 Å². The fraction of sp³-hybridized carbons (Fsp3) is 0.122. The second-order valence-electron chi connectivity index (χ2n) is 11.8. The zero-order valence-corrected chi connectivity index (χ0v) is 24.4. The molecule has 0 aliphatic carbocycles. The van der Waals surface area contributed by atoms with E-state index in [-0.39, 0.29) is 5.41 Å². The molecule has 0 heterocycles. The highest BCUT2D eigenvalue weighted by Gasteiger charge is 2.20. The zero-order chi connectivity index (χ0) is 28.6. The minimum atomic E-state index is 0.0356. The molecule has 6 aromatic rings. The molecule has 0 saturated carbocycles. The Bertz CT molecular complexity index is 1930. The van der Waals surface area contributed by atoms with E-state index in [1.54, 1.807) is 0 Å². The lowest BCUT2D eigenvalue weighted by Crippen LogP contribution is -2.10. The summed E-state index contributed by atoms with van der Waals surface area (Å²) in [7, 11) is 0. The topological polar surface area (TPSA) is 0 Å². The molecule has 6 rings (SSSR count). The third kappa shape index (κ3) is 4.92. The number of rotatable bonds is 5. The van der Waals surface area contributed by atoms with Crippen molar-refractivity contribution in [2.75, 3.05) is 0 Å². The second kappa shape index (κ2) is 10.7. The maximum Gasteiger partial charge on any atom is -0.00261 e. The molecule has 0 saturated heterocycles. The molecule has 0 unspecified atom stereocenters. The average Bonchev–Trinajstić information content (AvgIpc) is 3.00. The molecule has 41 heavy (non-hydrogen) atoms. The highest BCUT2D eigenvalue weighted by molar-refractivity contribution is 6.21. The van der Waals surface area contributed by atoms with E-state index in [0.717, 1.165) is 5.57 Å². The molecule has 0 radical (unpaired) electrons. The predicted octanol–water partition coefficient (Wildman–Crippen LogP) is 11.9. The molecular formula is C41H36. The van der Waals surface area contributed by atoms with Crippen molar-refractivity contribution in [3.05, 3.63) is 151 Å². The second-order valence-corrected chi connectivity index (χ2v) is 11.8. The van der Waals surface area contributed by atoms with E-state index in [0.29, 0.717) is 0 Å². The summed E-state index contributed by atoms with van der Waals surface area (Å²) in [5, 5.41) is 5.10. The summed E-state index contributed by atoms with van der Waals surface area (Å²) >= 11 is 0. The molecule has 6 aromatic carbocycles. The first-order chi connectivity index (χ1) is 19.9. The zero-order valence-electron chi connectivity index (χ0n) is 24.4. The van der Waals surface area contributed by atoms with Gasteiger partial charge in [-0.15, -0.1) is 0 Å². The summed E-state index contributed by atoms with van der Waals surface area (Å²) < 4.78 is 0. The van der Waals surface area contributed by atoms with Crippen molar-refractivity contribution in [1.29, 1.82) is 0 Å². The van der Waals surface area contributed by atoms with Crippen molar-refractivity contribution in [2.24, 2.45) is 0 Å². The van der Waals surface area contributed by atoms with E-state index in [1.165, 1.54) is 66.1 Å². The normalized spacial score (nSPS) is 12.1. The van der Waals surface area contributed by atoms with Gasteiger partial charge in [-0.2, -0.15) is 0 Å². The van der Waals surface area contributed by atoms with Crippen LogP contribution in [-0.4, -0.2) is 0 Å². The van der Waals surface area contributed by atoms with E-state index in [2.05, 4.69) is 162 Å². The van der Waals surface area contributed by atoms with Gasteiger partial charge in [-0.25, -0.2) is 0 Å². The number of allylic oxidation sites excluding steroid dienone is 3. The monoisotopic (exact) mass is 528 g/mol. The van der Waals surface area contributed by atoms with Crippen molar-refractivity contribution in [3.8, 4) is 33.4 Å². The fourth-order valence-electron chi connectivity index (χ4n) is 6.01. The van der Waals surface area contributed by atoms with Crippen LogP contribution in [0.3, 0.4) is 0 Å². The van der Waals surface area contributed by atoms with Gasteiger partial charge in [-0.3, -0.25) is 0 Å². The first kappa shape index (κ1) is 26.5. The van der Waals surface area contributed by atoms with Crippen LogP contribution in [-0.2, 0) is 5.41 Å². The van der Waals surface area contributed by atoms with Crippen LogP contribution in [0.2, 0.25) is 0 Å². The summed E-state index contributed by atoms with van der Waals surface area (Å²) in [6.07, 6.45) is 4.06. The van der Waals surface area contributed by atoms with E-state index < -0.39 is 0 Å². The number of hydrogen-bond acceptors (Lipinski definition) is 0. The van der Waals surface area contributed by atoms with Crippen molar-refractivity contribution < 1.29 is 0 Å². The molecule has 0 aromatic heterocycles. The molecule has 200 valence electrons. The highest BCUT2D eigenvalue weighted by atomic mass is 14.2. The quantitative estimate of drug-likeness (QED) is 0.154. The molecule has 0 amide bonds. The molecular weight excluding hydrogens is 492 g/mol. The van der Waals surface area contributed by atoms with Gasteiger partial charge < -0.3 is 0 Å². The van der Waals surface area contributed by atoms with Crippen molar-refractivity contribution in [3.63, 3.8) is 0 Å². The van der Waals surface area contributed by atoms with Gasteiger partial charge in [0.1, 0.15) is 0 Å². The van der Waals surface area contributed by atoms with Crippen molar-refractivity contribution in [2.45, 2.75) is 33.1 Å². The molecule has 0 aliphatic heterocycles. The van der Waals surface area contributed by atoms with E-state index in [9.17, 15) is 0 Å². The van der Waals surface area contributed by atoms with Crippen LogP contribution < -0.4 is 0 Å². The fourth-order valence-corrected chi connectivity index (χ4v) is 6.01. The lowest BCUT2D eigenvalue weighted by atomic mass is 9.81. The lowest BCUT2D eigenvalue weighted by Gasteiger charge is -2.23. The Hall–Kier alpha value is -4.68. The minimum absolute atomic E-state index is 0.0356. The summed E-state index contributed by atoms with van der Waals surface area (Å²) in [6, 6.07) is 44.6. The third-order valence-electron chi connectivity index (χ3n) is 8.16. The Balaban J connectivity index is 1.73. The van der Waals surface area contributed by atoms with Crippen molar-refractivity contribution >= 4 is 27.1 Å². The van der Waals surface area contributed by atoms with Crippen LogP contribution in [0.1, 0.15) is 38.8 Å². The Morgan fingerprint density at radius 1 is 0.537 bits per heavy atom. The third-order valence-corrected chi connectivity index (χ3v) is 8.16. The van der Waals surface area contributed by atoms with Crippen LogP contribution in [0.4, 0.5) is 0 Å². The molecule has 0 fully saturated rings.